The van der Waals surface area contributed by atoms with Crippen molar-refractivity contribution < 1.29 is 4.79 Å². The summed E-state index contributed by atoms with van der Waals surface area (Å²) in [6.07, 6.45) is 7.14. The molecule has 34 heavy (non-hydrogen) atoms. The maximum Gasteiger partial charge on any atom is 0.255 e. The molecule has 0 saturated heterocycles. The minimum Gasteiger partial charge on any atom is -0.337 e. The largest absolute Gasteiger partial charge is 0.337 e. The van der Waals surface area contributed by atoms with Gasteiger partial charge in [0.2, 0.25) is 0 Å². The number of pyridine rings is 1. The molecule has 2 N–H and O–H groups in total. The van der Waals surface area contributed by atoms with E-state index in [0.717, 1.165) is 38.4 Å². The van der Waals surface area contributed by atoms with Crippen LogP contribution in [0, 0.1) is 13.8 Å². The van der Waals surface area contributed by atoms with Crippen LogP contribution >= 0.6 is 15.9 Å². The molecule has 5 aromatic rings. The van der Waals surface area contributed by atoms with Crippen LogP contribution in [-0.2, 0) is 0 Å². The topological polar surface area (TPSA) is 84.2 Å². The zero-order chi connectivity index (χ0) is 23.7. The summed E-state index contributed by atoms with van der Waals surface area (Å²) in [5, 5.41) is 6.35. The van der Waals surface area contributed by atoms with E-state index in [1.165, 1.54) is 0 Å². The van der Waals surface area contributed by atoms with Crippen molar-refractivity contribution in [2.75, 3.05) is 10.6 Å². The number of rotatable bonds is 5. The molecule has 1 amide bonds. The summed E-state index contributed by atoms with van der Waals surface area (Å²) in [7, 11) is 0. The standard InChI is InChI=1S/C26H21BrN6O/c1-16-5-3-7-20(11-16)30-26(34)18-9-8-17(2)21(12-18)31-24-25-29-14-23(27)33(25)15-22(32-24)19-6-4-10-28-13-19/h3-15H,1-2H3,(H,30,34)(H,31,32). The molecule has 168 valence electrons. The number of imidazole rings is 1. The van der Waals surface area contributed by atoms with Gasteiger partial charge in [0.15, 0.2) is 11.5 Å². The number of fused-ring (bicyclic) bond motifs is 1. The van der Waals surface area contributed by atoms with Crippen LogP contribution in [-0.4, -0.2) is 25.3 Å². The van der Waals surface area contributed by atoms with E-state index in [0.29, 0.717) is 17.0 Å². The van der Waals surface area contributed by atoms with E-state index in [4.69, 9.17) is 4.98 Å². The Hall–Kier alpha value is -4.04. The summed E-state index contributed by atoms with van der Waals surface area (Å²) in [5.41, 5.74) is 6.42. The highest BCUT2D eigenvalue weighted by molar-refractivity contribution is 9.10. The summed E-state index contributed by atoms with van der Waals surface area (Å²) in [6.45, 7) is 3.97. The summed E-state index contributed by atoms with van der Waals surface area (Å²) >= 11 is 3.55. The van der Waals surface area contributed by atoms with Gasteiger partial charge in [0.25, 0.3) is 5.91 Å². The Morgan fingerprint density at radius 2 is 1.91 bits per heavy atom. The van der Waals surface area contributed by atoms with Crippen LogP contribution in [0.15, 0.2) is 84.0 Å². The number of anilines is 3. The molecule has 0 atom stereocenters. The van der Waals surface area contributed by atoms with Crippen molar-refractivity contribution in [1.82, 2.24) is 19.4 Å². The van der Waals surface area contributed by atoms with E-state index in [2.05, 4.69) is 36.5 Å². The molecule has 0 fully saturated rings. The van der Waals surface area contributed by atoms with E-state index >= 15 is 0 Å². The average molecular weight is 513 g/mol. The lowest BCUT2D eigenvalue weighted by molar-refractivity contribution is 0.102. The smallest absolute Gasteiger partial charge is 0.255 e. The Labute approximate surface area is 205 Å². The molecule has 0 radical (unpaired) electrons. The molecule has 0 aliphatic rings. The Bertz CT molecular complexity index is 1510. The maximum absolute atomic E-state index is 12.9. The molecule has 7 nitrogen and oxygen atoms in total. The van der Waals surface area contributed by atoms with Crippen molar-refractivity contribution >= 4 is 44.7 Å². The predicted molar refractivity (Wildman–Crippen MR) is 138 cm³/mol. The van der Waals surface area contributed by atoms with Crippen LogP contribution in [0.4, 0.5) is 17.2 Å². The highest BCUT2D eigenvalue weighted by Gasteiger charge is 2.15. The second-order valence-electron chi connectivity index (χ2n) is 7.97. The van der Waals surface area contributed by atoms with E-state index < -0.39 is 0 Å². The molecule has 0 saturated carbocycles. The van der Waals surface area contributed by atoms with Gasteiger partial charge in [-0.05, 0) is 77.3 Å². The van der Waals surface area contributed by atoms with Crippen LogP contribution in [0.3, 0.4) is 0 Å². The zero-order valence-electron chi connectivity index (χ0n) is 18.6. The monoisotopic (exact) mass is 512 g/mol. The number of nitrogens with one attached hydrogen (secondary N) is 2. The Morgan fingerprint density at radius 3 is 2.71 bits per heavy atom. The molecule has 8 heteroatoms. The fourth-order valence-corrected chi connectivity index (χ4v) is 4.02. The number of hydrogen-bond acceptors (Lipinski definition) is 5. The third-order valence-corrected chi connectivity index (χ3v) is 6.02. The number of nitrogens with zero attached hydrogens (tertiary/aromatic N) is 4. The number of carbonyl (C=O) groups excluding carboxylic acids is 1. The summed E-state index contributed by atoms with van der Waals surface area (Å²) in [6, 6.07) is 17.1. The van der Waals surface area contributed by atoms with Gasteiger partial charge < -0.3 is 10.6 Å². The van der Waals surface area contributed by atoms with Gasteiger partial charge in [-0.3, -0.25) is 14.2 Å². The van der Waals surface area contributed by atoms with Crippen molar-refractivity contribution in [2.24, 2.45) is 0 Å². The van der Waals surface area contributed by atoms with Gasteiger partial charge in [0.1, 0.15) is 4.60 Å². The van der Waals surface area contributed by atoms with Crippen molar-refractivity contribution in [3.05, 3.63) is 101 Å². The first kappa shape index (κ1) is 21.8. The SMILES string of the molecule is Cc1cccc(NC(=O)c2ccc(C)c(Nc3nc(-c4cccnc4)cn4c(Br)cnc34)c2)c1. The normalized spacial score (nSPS) is 10.9. The Morgan fingerprint density at radius 1 is 1.03 bits per heavy atom. The number of halogens is 1. The molecule has 0 bridgehead atoms. The lowest BCUT2D eigenvalue weighted by Crippen LogP contribution is -2.12. The van der Waals surface area contributed by atoms with E-state index in [1.807, 2.05) is 79.0 Å². The van der Waals surface area contributed by atoms with Crippen LogP contribution in [0.1, 0.15) is 21.5 Å². The van der Waals surface area contributed by atoms with Gasteiger partial charge in [-0.15, -0.1) is 0 Å². The molecule has 0 spiro atoms. The summed E-state index contributed by atoms with van der Waals surface area (Å²) < 4.78 is 2.72. The Balaban J connectivity index is 1.51. The van der Waals surface area contributed by atoms with E-state index in [1.54, 1.807) is 18.6 Å². The number of benzene rings is 2. The lowest BCUT2D eigenvalue weighted by atomic mass is 10.1. The maximum atomic E-state index is 12.9. The van der Waals surface area contributed by atoms with E-state index in [9.17, 15) is 4.79 Å². The minimum absolute atomic E-state index is 0.181. The van der Waals surface area contributed by atoms with Crippen molar-refractivity contribution in [3.63, 3.8) is 0 Å². The molecule has 0 aliphatic carbocycles. The zero-order valence-corrected chi connectivity index (χ0v) is 20.2. The van der Waals surface area contributed by atoms with Crippen LogP contribution in [0.5, 0.6) is 0 Å². The third kappa shape index (κ3) is 4.40. The van der Waals surface area contributed by atoms with Gasteiger partial charge in [-0.1, -0.05) is 18.2 Å². The molecule has 0 aliphatic heterocycles. The van der Waals surface area contributed by atoms with Crippen molar-refractivity contribution in [2.45, 2.75) is 13.8 Å². The van der Waals surface area contributed by atoms with Crippen molar-refractivity contribution in [3.8, 4) is 11.3 Å². The van der Waals surface area contributed by atoms with Gasteiger partial charge in [0.05, 0.1) is 11.9 Å². The molecule has 3 heterocycles. The first-order chi connectivity index (χ1) is 16.5. The molecule has 3 aromatic heterocycles. The number of aryl methyl sites for hydroxylation is 2. The number of carbonyl (C=O) groups is 1. The van der Waals surface area contributed by atoms with Crippen LogP contribution < -0.4 is 10.6 Å². The van der Waals surface area contributed by atoms with E-state index in [-0.39, 0.29) is 5.91 Å². The van der Waals surface area contributed by atoms with Crippen molar-refractivity contribution in [1.29, 1.82) is 0 Å². The highest BCUT2D eigenvalue weighted by Crippen LogP contribution is 2.28. The second kappa shape index (κ2) is 9.07. The fourth-order valence-electron chi connectivity index (χ4n) is 3.65. The number of aromatic nitrogens is 4. The first-order valence-corrected chi connectivity index (χ1v) is 11.5. The summed E-state index contributed by atoms with van der Waals surface area (Å²) in [5.74, 6) is 0.394. The third-order valence-electron chi connectivity index (χ3n) is 5.43. The molecular formula is C26H21BrN6O. The molecule has 5 rings (SSSR count). The van der Waals surface area contributed by atoms with Gasteiger partial charge in [-0.2, -0.15) is 0 Å². The van der Waals surface area contributed by atoms with Crippen LogP contribution in [0.2, 0.25) is 0 Å². The highest BCUT2D eigenvalue weighted by atomic mass is 79.9. The average Bonchev–Trinajstić information content (AvgIpc) is 3.22. The minimum atomic E-state index is -0.181. The lowest BCUT2D eigenvalue weighted by Gasteiger charge is -2.14. The number of hydrogen-bond donors (Lipinski definition) is 2. The van der Waals surface area contributed by atoms with Gasteiger partial charge in [-0.25, -0.2) is 9.97 Å². The molecule has 2 aromatic carbocycles. The van der Waals surface area contributed by atoms with Gasteiger partial charge in [0, 0.05) is 41.1 Å². The quantitative estimate of drug-likeness (QED) is 0.294. The first-order valence-electron chi connectivity index (χ1n) is 10.7. The summed E-state index contributed by atoms with van der Waals surface area (Å²) in [4.78, 5) is 26.4. The second-order valence-corrected chi connectivity index (χ2v) is 8.78. The Kier molecular flexibility index (Phi) is 5.81. The molecular weight excluding hydrogens is 492 g/mol. The fraction of sp³-hybridized carbons (Fsp3) is 0.0769. The number of amides is 1. The molecule has 0 unspecified atom stereocenters. The van der Waals surface area contributed by atoms with Gasteiger partial charge >= 0.3 is 0 Å². The predicted octanol–water partition coefficient (Wildman–Crippen LogP) is 6.17. The van der Waals surface area contributed by atoms with Crippen LogP contribution in [0.25, 0.3) is 16.9 Å².